The summed E-state index contributed by atoms with van der Waals surface area (Å²) in [5.74, 6) is 1.01. The Kier molecular flexibility index (Phi) is 3.54. The lowest BCUT2D eigenvalue weighted by Crippen LogP contribution is -2.23. The van der Waals surface area contributed by atoms with Gasteiger partial charge in [-0.2, -0.15) is 0 Å². The van der Waals surface area contributed by atoms with Gasteiger partial charge in [0, 0.05) is 17.8 Å². The van der Waals surface area contributed by atoms with Gasteiger partial charge in [-0.1, -0.05) is 30.9 Å². The summed E-state index contributed by atoms with van der Waals surface area (Å²) >= 11 is 6.17. The van der Waals surface area contributed by atoms with E-state index in [4.69, 9.17) is 21.0 Å². The lowest BCUT2D eigenvalue weighted by atomic mass is 9.95. The van der Waals surface area contributed by atoms with E-state index in [0.29, 0.717) is 11.1 Å². The summed E-state index contributed by atoms with van der Waals surface area (Å²) in [4.78, 5) is 4.74. The first-order valence-electron chi connectivity index (χ1n) is 7.78. The molecule has 1 N–H and O–H groups in total. The molecule has 114 valence electrons. The van der Waals surface area contributed by atoms with Crippen LogP contribution < -0.4 is 5.32 Å². The fourth-order valence-corrected chi connectivity index (χ4v) is 3.36. The fourth-order valence-electron chi connectivity index (χ4n) is 3.20. The molecule has 0 radical (unpaired) electrons. The second-order valence-electron chi connectivity index (χ2n) is 5.88. The maximum atomic E-state index is 6.17. The van der Waals surface area contributed by atoms with Crippen LogP contribution in [0, 0.1) is 0 Å². The van der Waals surface area contributed by atoms with Gasteiger partial charge >= 0.3 is 0 Å². The summed E-state index contributed by atoms with van der Waals surface area (Å²) in [7, 11) is 0. The number of nitrogens with one attached hydrogen (secondary N) is 1. The first-order chi connectivity index (χ1) is 10.8. The minimum Gasteiger partial charge on any atom is -0.472 e. The fraction of sp³-hybridized carbons (Fsp3) is 0.353. The number of hydrogen-bond donors (Lipinski definition) is 1. The van der Waals surface area contributed by atoms with E-state index >= 15 is 0 Å². The molecule has 4 nitrogen and oxygen atoms in total. The standard InChI is InChI=1S/C17H18ClN3O/c18-13-6-7-15-20-16(12-8-9-22-11-12)17(21(15)10-13)19-14-4-2-1-3-5-14/h6-11,14,19H,1-5H2. The van der Waals surface area contributed by atoms with E-state index in [-0.39, 0.29) is 0 Å². The molecule has 1 aliphatic rings. The lowest BCUT2D eigenvalue weighted by molar-refractivity contribution is 0.461. The Hall–Kier alpha value is -1.94. The second-order valence-corrected chi connectivity index (χ2v) is 6.31. The number of rotatable bonds is 3. The first-order valence-corrected chi connectivity index (χ1v) is 8.16. The van der Waals surface area contributed by atoms with Gasteiger partial charge in [0.1, 0.15) is 17.2 Å². The molecule has 0 unspecified atom stereocenters. The first kappa shape index (κ1) is 13.7. The number of halogens is 1. The molecule has 3 aromatic rings. The lowest BCUT2D eigenvalue weighted by Gasteiger charge is -2.24. The van der Waals surface area contributed by atoms with E-state index in [1.807, 2.05) is 28.8 Å². The molecule has 22 heavy (non-hydrogen) atoms. The van der Waals surface area contributed by atoms with Gasteiger partial charge in [-0.05, 0) is 31.0 Å². The molecular weight excluding hydrogens is 298 g/mol. The Labute approximate surface area is 134 Å². The predicted octanol–water partition coefficient (Wildman–Crippen LogP) is 4.99. The Morgan fingerprint density at radius 1 is 1.18 bits per heavy atom. The van der Waals surface area contributed by atoms with Crippen LogP contribution >= 0.6 is 11.6 Å². The topological polar surface area (TPSA) is 42.5 Å². The highest BCUT2D eigenvalue weighted by atomic mass is 35.5. The third kappa shape index (κ3) is 2.48. The van der Waals surface area contributed by atoms with Gasteiger partial charge in [0.2, 0.25) is 0 Å². The Balaban J connectivity index is 1.81. The molecule has 0 saturated heterocycles. The molecule has 0 bridgehead atoms. The van der Waals surface area contributed by atoms with Crippen LogP contribution in [0.5, 0.6) is 0 Å². The van der Waals surface area contributed by atoms with Gasteiger partial charge < -0.3 is 9.73 Å². The average Bonchev–Trinajstić information content (AvgIpc) is 3.17. The van der Waals surface area contributed by atoms with Crippen molar-refractivity contribution in [2.75, 3.05) is 5.32 Å². The molecule has 5 heteroatoms. The van der Waals surface area contributed by atoms with Gasteiger partial charge in [0.05, 0.1) is 17.5 Å². The third-order valence-electron chi connectivity index (χ3n) is 4.32. The van der Waals surface area contributed by atoms with Gasteiger partial charge in [-0.15, -0.1) is 0 Å². The normalized spacial score (nSPS) is 16.2. The van der Waals surface area contributed by atoms with Gasteiger partial charge in [-0.3, -0.25) is 4.40 Å². The summed E-state index contributed by atoms with van der Waals surface area (Å²) in [6, 6.07) is 6.25. The Morgan fingerprint density at radius 2 is 2.05 bits per heavy atom. The van der Waals surface area contributed by atoms with Crippen molar-refractivity contribution in [3.63, 3.8) is 0 Å². The number of hydrogen-bond acceptors (Lipinski definition) is 3. The van der Waals surface area contributed by atoms with Gasteiger partial charge in [0.25, 0.3) is 0 Å². The quantitative estimate of drug-likeness (QED) is 0.740. The molecule has 1 fully saturated rings. The van der Waals surface area contributed by atoms with Crippen LogP contribution in [0.4, 0.5) is 5.82 Å². The molecule has 0 aliphatic heterocycles. The van der Waals surface area contributed by atoms with Crippen LogP contribution in [-0.4, -0.2) is 15.4 Å². The van der Waals surface area contributed by atoms with Crippen molar-refractivity contribution in [3.05, 3.63) is 41.9 Å². The van der Waals surface area contributed by atoms with E-state index in [9.17, 15) is 0 Å². The number of anilines is 1. The molecule has 0 atom stereocenters. The minimum absolute atomic E-state index is 0.498. The number of nitrogens with zero attached hydrogens (tertiary/aromatic N) is 2. The van der Waals surface area contributed by atoms with Gasteiger partial charge in [0.15, 0.2) is 0 Å². The maximum Gasteiger partial charge on any atom is 0.139 e. The number of pyridine rings is 1. The summed E-state index contributed by atoms with van der Waals surface area (Å²) in [6.45, 7) is 0. The zero-order chi connectivity index (χ0) is 14.9. The monoisotopic (exact) mass is 315 g/mol. The van der Waals surface area contributed by atoms with Crippen molar-refractivity contribution in [2.45, 2.75) is 38.1 Å². The highest BCUT2D eigenvalue weighted by molar-refractivity contribution is 6.30. The number of aromatic nitrogens is 2. The molecule has 0 aromatic carbocycles. The number of furan rings is 1. The SMILES string of the molecule is Clc1ccc2nc(-c3ccoc3)c(NC3CCCCC3)n2c1. The molecule has 0 amide bonds. The van der Waals surface area contributed by atoms with Crippen molar-refractivity contribution < 1.29 is 4.42 Å². The summed E-state index contributed by atoms with van der Waals surface area (Å²) in [5, 5.41) is 4.39. The van der Waals surface area contributed by atoms with Gasteiger partial charge in [-0.25, -0.2) is 4.98 Å². The molecule has 4 rings (SSSR count). The zero-order valence-corrected chi connectivity index (χ0v) is 13.0. The molecular formula is C17H18ClN3O. The van der Waals surface area contributed by atoms with Crippen molar-refractivity contribution in [1.82, 2.24) is 9.38 Å². The van der Waals surface area contributed by atoms with Crippen molar-refractivity contribution in [1.29, 1.82) is 0 Å². The van der Waals surface area contributed by atoms with E-state index < -0.39 is 0 Å². The molecule has 1 saturated carbocycles. The second kappa shape index (κ2) is 5.69. The van der Waals surface area contributed by atoms with Crippen molar-refractivity contribution >= 4 is 23.1 Å². The largest absolute Gasteiger partial charge is 0.472 e. The molecule has 1 aliphatic carbocycles. The van der Waals surface area contributed by atoms with E-state index in [1.54, 1.807) is 12.5 Å². The van der Waals surface area contributed by atoms with Crippen LogP contribution in [-0.2, 0) is 0 Å². The average molecular weight is 316 g/mol. The molecule has 3 heterocycles. The smallest absolute Gasteiger partial charge is 0.139 e. The van der Waals surface area contributed by atoms with Crippen molar-refractivity contribution in [2.24, 2.45) is 0 Å². The number of imidazole rings is 1. The van der Waals surface area contributed by atoms with Crippen molar-refractivity contribution in [3.8, 4) is 11.3 Å². The van der Waals surface area contributed by atoms with Crippen LogP contribution in [0.3, 0.4) is 0 Å². The summed E-state index contributed by atoms with van der Waals surface area (Å²) in [5.41, 5.74) is 2.79. The molecule has 0 spiro atoms. The number of fused-ring (bicyclic) bond motifs is 1. The summed E-state index contributed by atoms with van der Waals surface area (Å²) in [6.07, 6.45) is 11.7. The maximum absolute atomic E-state index is 6.17. The van der Waals surface area contributed by atoms with Crippen LogP contribution in [0.25, 0.3) is 16.9 Å². The predicted molar refractivity (Wildman–Crippen MR) is 88.4 cm³/mol. The van der Waals surface area contributed by atoms with Crippen LogP contribution in [0.1, 0.15) is 32.1 Å². The third-order valence-corrected chi connectivity index (χ3v) is 4.55. The minimum atomic E-state index is 0.498. The van der Waals surface area contributed by atoms with Crippen LogP contribution in [0.2, 0.25) is 5.02 Å². The van der Waals surface area contributed by atoms with E-state index in [2.05, 4.69) is 5.32 Å². The van der Waals surface area contributed by atoms with E-state index in [0.717, 1.165) is 22.7 Å². The highest BCUT2D eigenvalue weighted by Crippen LogP contribution is 2.32. The highest BCUT2D eigenvalue weighted by Gasteiger charge is 2.20. The Morgan fingerprint density at radius 3 is 2.82 bits per heavy atom. The summed E-state index contributed by atoms with van der Waals surface area (Å²) < 4.78 is 7.27. The van der Waals surface area contributed by atoms with Crippen LogP contribution in [0.15, 0.2) is 41.3 Å². The zero-order valence-electron chi connectivity index (χ0n) is 12.3. The van der Waals surface area contributed by atoms with E-state index in [1.165, 1.54) is 32.1 Å². The molecule has 3 aromatic heterocycles. The Bertz CT molecular complexity index is 773.